The first-order valence-corrected chi connectivity index (χ1v) is 6.49. The van der Waals surface area contributed by atoms with E-state index < -0.39 is 10.1 Å². The highest BCUT2D eigenvalue weighted by atomic mass is 32.3. The van der Waals surface area contributed by atoms with Crippen molar-refractivity contribution in [3.05, 3.63) is 41.9 Å². The monoisotopic (exact) mass is 257 g/mol. The van der Waals surface area contributed by atoms with Gasteiger partial charge >= 0.3 is 10.1 Å². The maximum atomic E-state index is 11.0. The molecule has 0 aliphatic rings. The Labute approximate surface area is 95.9 Å². The summed E-state index contributed by atoms with van der Waals surface area (Å²) in [4.78, 5) is 0.609. The molecule has 1 N–H and O–H groups in total. The van der Waals surface area contributed by atoms with Gasteiger partial charge in [0.15, 0.2) is 12.4 Å². The van der Waals surface area contributed by atoms with Crippen LogP contribution in [-0.2, 0) is 10.1 Å². The fraction of sp³-hybridized carbons (Fsp3) is 0. The molecule has 0 saturated carbocycles. The van der Waals surface area contributed by atoms with E-state index in [0.717, 1.165) is 11.3 Å². The lowest BCUT2D eigenvalue weighted by molar-refractivity contribution is -0.604. The van der Waals surface area contributed by atoms with Gasteiger partial charge in [-0.15, -0.1) is 11.3 Å². The molecule has 7 heteroatoms. The molecule has 2 rings (SSSR count). The number of rotatable bonds is 2. The van der Waals surface area contributed by atoms with Crippen molar-refractivity contribution in [2.24, 2.45) is 0 Å². The second-order valence-electron chi connectivity index (χ2n) is 3.05. The summed E-state index contributed by atoms with van der Waals surface area (Å²) in [6.45, 7) is 0. The van der Waals surface area contributed by atoms with Crippen LogP contribution >= 0.6 is 11.3 Å². The highest BCUT2D eigenvalue weighted by Gasteiger charge is 2.14. The van der Waals surface area contributed by atoms with Gasteiger partial charge in [-0.05, 0) is 18.2 Å². The second-order valence-corrected chi connectivity index (χ2v) is 5.78. The zero-order chi connectivity index (χ0) is 11.8. The molecule has 0 radical (unpaired) electrons. The third-order valence-corrected chi connectivity index (χ3v) is 4.35. The zero-order valence-electron chi connectivity index (χ0n) is 7.90. The van der Waals surface area contributed by atoms with Crippen LogP contribution in [0.5, 0.6) is 0 Å². The number of thiophene rings is 1. The van der Waals surface area contributed by atoms with Crippen LogP contribution in [0.1, 0.15) is 0 Å². The highest BCUT2D eigenvalue weighted by Crippen LogP contribution is 2.29. The van der Waals surface area contributed by atoms with Gasteiger partial charge in [-0.3, -0.25) is 4.55 Å². The Morgan fingerprint density at radius 2 is 2.06 bits per heavy atom. The number of pyridine rings is 1. The molecule has 0 aliphatic carbocycles. The van der Waals surface area contributed by atoms with E-state index in [1.807, 2.05) is 0 Å². The third kappa shape index (κ3) is 2.21. The molecule has 0 atom stereocenters. The lowest BCUT2D eigenvalue weighted by Gasteiger charge is -1.97. The van der Waals surface area contributed by atoms with Gasteiger partial charge in [0, 0.05) is 10.9 Å². The molecule has 0 bridgehead atoms. The maximum absolute atomic E-state index is 11.0. The van der Waals surface area contributed by atoms with Crippen LogP contribution in [0, 0.1) is 5.21 Å². The Bertz CT molecular complexity index is 618. The van der Waals surface area contributed by atoms with Crippen molar-refractivity contribution < 1.29 is 17.7 Å². The summed E-state index contributed by atoms with van der Waals surface area (Å²) in [5.74, 6) is 0. The molecule has 0 amide bonds. The molecule has 2 heterocycles. The molecular formula is C9H7NO4S2. The number of aromatic nitrogens is 1. The first-order chi connectivity index (χ1) is 7.47. The van der Waals surface area contributed by atoms with Gasteiger partial charge in [-0.1, -0.05) is 0 Å². The highest BCUT2D eigenvalue weighted by molar-refractivity contribution is 7.88. The summed E-state index contributed by atoms with van der Waals surface area (Å²) >= 11 is 0.911. The maximum Gasteiger partial charge on any atom is 0.304 e. The number of nitrogens with zero attached hydrogens (tertiary/aromatic N) is 1. The molecular weight excluding hydrogens is 250 g/mol. The van der Waals surface area contributed by atoms with E-state index in [0.29, 0.717) is 15.2 Å². The van der Waals surface area contributed by atoms with Crippen molar-refractivity contribution in [3.63, 3.8) is 0 Å². The van der Waals surface area contributed by atoms with Gasteiger partial charge < -0.3 is 5.21 Å². The first-order valence-electron chi connectivity index (χ1n) is 4.23. The van der Waals surface area contributed by atoms with E-state index in [1.54, 1.807) is 18.2 Å². The van der Waals surface area contributed by atoms with Crippen LogP contribution in [0.3, 0.4) is 0 Å². The van der Waals surface area contributed by atoms with Crippen LogP contribution < -0.4 is 4.73 Å². The van der Waals surface area contributed by atoms with Gasteiger partial charge in [0.2, 0.25) is 0 Å². The summed E-state index contributed by atoms with van der Waals surface area (Å²) < 4.78 is 31.0. The summed E-state index contributed by atoms with van der Waals surface area (Å²) in [6.07, 6.45) is 2.67. The molecule has 2 aromatic heterocycles. The average molecular weight is 257 g/mol. The lowest BCUT2D eigenvalue weighted by atomic mass is 10.2. The van der Waals surface area contributed by atoms with Crippen LogP contribution in [0.4, 0.5) is 0 Å². The second kappa shape index (κ2) is 3.85. The average Bonchev–Trinajstić information content (AvgIpc) is 2.65. The minimum absolute atomic E-state index is 0.135. The van der Waals surface area contributed by atoms with E-state index in [-0.39, 0.29) is 4.21 Å². The van der Waals surface area contributed by atoms with Crippen molar-refractivity contribution in [1.82, 2.24) is 0 Å². The predicted octanol–water partition coefficient (Wildman–Crippen LogP) is 1.30. The molecule has 16 heavy (non-hydrogen) atoms. The topological polar surface area (TPSA) is 81.3 Å². The normalized spacial score (nSPS) is 11.6. The molecule has 0 fully saturated rings. The van der Waals surface area contributed by atoms with Gasteiger partial charge in [0.05, 0.1) is 5.56 Å². The molecule has 0 saturated heterocycles. The third-order valence-electron chi connectivity index (χ3n) is 1.90. The Morgan fingerprint density at radius 3 is 2.62 bits per heavy atom. The number of hydrogen-bond acceptors (Lipinski definition) is 4. The Kier molecular flexibility index (Phi) is 2.66. The molecule has 84 valence electrons. The molecule has 0 spiro atoms. The van der Waals surface area contributed by atoms with Gasteiger partial charge in [-0.25, -0.2) is 0 Å². The van der Waals surface area contributed by atoms with Crippen LogP contribution in [0.25, 0.3) is 10.4 Å². The van der Waals surface area contributed by atoms with Gasteiger partial charge in [0.1, 0.15) is 4.21 Å². The predicted molar refractivity (Wildman–Crippen MR) is 58.5 cm³/mol. The van der Waals surface area contributed by atoms with E-state index >= 15 is 0 Å². The molecule has 0 unspecified atom stereocenters. The largest absolute Gasteiger partial charge is 0.619 e. The molecule has 2 aromatic rings. The fourth-order valence-corrected chi connectivity index (χ4v) is 2.87. The van der Waals surface area contributed by atoms with E-state index in [1.165, 1.54) is 18.5 Å². The molecule has 5 nitrogen and oxygen atoms in total. The van der Waals surface area contributed by atoms with Crippen molar-refractivity contribution in [1.29, 1.82) is 0 Å². The Morgan fingerprint density at radius 1 is 1.31 bits per heavy atom. The summed E-state index contributed by atoms with van der Waals surface area (Å²) in [5.41, 5.74) is 0.609. The van der Waals surface area contributed by atoms with Crippen molar-refractivity contribution >= 4 is 21.5 Å². The fourth-order valence-electron chi connectivity index (χ4n) is 1.21. The minimum Gasteiger partial charge on any atom is -0.619 e. The van der Waals surface area contributed by atoms with Crippen molar-refractivity contribution in [3.8, 4) is 10.4 Å². The standard InChI is InChI=1S/C9H7NO4S2/c11-10-5-1-2-7(6-10)8-3-4-9(15-8)16(12,13)14/h1-6H,(H,12,13,14). The van der Waals surface area contributed by atoms with Gasteiger partial charge in [0.25, 0.3) is 0 Å². The van der Waals surface area contributed by atoms with E-state index in [9.17, 15) is 13.6 Å². The number of hydrogen-bond donors (Lipinski definition) is 1. The smallest absolute Gasteiger partial charge is 0.304 e. The zero-order valence-corrected chi connectivity index (χ0v) is 9.53. The van der Waals surface area contributed by atoms with E-state index in [2.05, 4.69) is 0 Å². The van der Waals surface area contributed by atoms with Crippen molar-refractivity contribution in [2.45, 2.75) is 4.21 Å². The first kappa shape index (κ1) is 11.1. The molecule has 0 aromatic carbocycles. The van der Waals surface area contributed by atoms with Crippen LogP contribution in [0.2, 0.25) is 0 Å². The van der Waals surface area contributed by atoms with Crippen molar-refractivity contribution in [2.75, 3.05) is 0 Å². The van der Waals surface area contributed by atoms with Crippen LogP contribution in [-0.4, -0.2) is 13.0 Å². The van der Waals surface area contributed by atoms with E-state index in [4.69, 9.17) is 4.55 Å². The Hall–Kier alpha value is -1.44. The summed E-state index contributed by atoms with van der Waals surface area (Å²) in [7, 11) is -4.17. The Balaban J connectivity index is 2.47. The summed E-state index contributed by atoms with van der Waals surface area (Å²) in [5, 5.41) is 11.0. The molecule has 0 aliphatic heterocycles. The SMILES string of the molecule is O=S(=O)(O)c1ccc(-c2ccc[n+]([O-])c2)s1. The minimum atomic E-state index is -4.17. The van der Waals surface area contributed by atoms with Gasteiger partial charge in [-0.2, -0.15) is 13.1 Å². The summed E-state index contributed by atoms with van der Waals surface area (Å²) in [6, 6.07) is 6.10. The lowest BCUT2D eigenvalue weighted by Crippen LogP contribution is -2.23. The van der Waals surface area contributed by atoms with Crippen LogP contribution in [0.15, 0.2) is 40.9 Å². The quantitative estimate of drug-likeness (QED) is 0.499.